The molecule has 0 bridgehead atoms. The van der Waals surface area contributed by atoms with Gasteiger partial charge in [0.2, 0.25) is 0 Å². The molecule has 2 N–H and O–H groups in total. The molecule has 2 saturated heterocycles. The average molecular weight is 241 g/mol. The lowest BCUT2D eigenvalue weighted by Crippen LogP contribution is -2.48. The van der Waals surface area contributed by atoms with E-state index in [0.717, 1.165) is 12.6 Å². The summed E-state index contributed by atoms with van der Waals surface area (Å²) >= 11 is 4.96. The lowest BCUT2D eigenvalue weighted by atomic mass is 10.00. The average Bonchev–Trinajstić information content (AvgIpc) is 2.30. The molecule has 0 atom stereocenters. The van der Waals surface area contributed by atoms with Gasteiger partial charge in [0.15, 0.2) is 0 Å². The number of hydrogen-bond donors (Lipinski definition) is 1. The quantitative estimate of drug-likeness (QED) is 0.753. The molecule has 0 aromatic rings. The zero-order chi connectivity index (χ0) is 11.4. The van der Waals surface area contributed by atoms with Gasteiger partial charge in [0.1, 0.15) is 0 Å². The highest BCUT2D eigenvalue weighted by Crippen LogP contribution is 2.20. The van der Waals surface area contributed by atoms with Crippen LogP contribution in [0.3, 0.4) is 0 Å². The number of hydrogen-bond acceptors (Lipinski definition) is 3. The van der Waals surface area contributed by atoms with Crippen LogP contribution >= 0.6 is 12.2 Å². The molecular formula is C12H23N3S. The highest BCUT2D eigenvalue weighted by atomic mass is 32.1. The van der Waals surface area contributed by atoms with Gasteiger partial charge in [0.25, 0.3) is 0 Å². The lowest BCUT2D eigenvalue weighted by molar-refractivity contribution is 0.0990. The minimum atomic E-state index is 0.636. The van der Waals surface area contributed by atoms with Crippen molar-refractivity contribution in [2.75, 3.05) is 32.7 Å². The Bertz CT molecular complexity index is 230. The molecular weight excluding hydrogens is 218 g/mol. The van der Waals surface area contributed by atoms with E-state index in [9.17, 15) is 0 Å². The van der Waals surface area contributed by atoms with Crippen LogP contribution < -0.4 is 5.73 Å². The first-order valence-corrected chi connectivity index (χ1v) is 6.91. The normalized spacial score (nSPS) is 25.8. The molecule has 0 aliphatic carbocycles. The van der Waals surface area contributed by atoms with Crippen LogP contribution in [0.25, 0.3) is 0 Å². The maximum atomic E-state index is 5.58. The minimum absolute atomic E-state index is 0.636. The van der Waals surface area contributed by atoms with E-state index < -0.39 is 0 Å². The van der Waals surface area contributed by atoms with Gasteiger partial charge in [-0.25, -0.2) is 0 Å². The molecule has 4 heteroatoms. The molecule has 0 spiro atoms. The van der Waals surface area contributed by atoms with E-state index in [4.69, 9.17) is 18.0 Å². The van der Waals surface area contributed by atoms with Crippen molar-refractivity contribution in [3.05, 3.63) is 0 Å². The van der Waals surface area contributed by atoms with Crippen molar-refractivity contribution in [3.63, 3.8) is 0 Å². The molecule has 16 heavy (non-hydrogen) atoms. The maximum absolute atomic E-state index is 5.58. The van der Waals surface area contributed by atoms with Crippen LogP contribution in [0.15, 0.2) is 0 Å². The standard InChI is InChI=1S/C12H23N3S/c13-12(16)10-14-8-4-11(5-9-14)15-6-2-1-3-7-15/h11H,1-10H2,(H2,13,16). The van der Waals surface area contributed by atoms with E-state index in [0.29, 0.717) is 4.99 Å². The first kappa shape index (κ1) is 12.3. The summed E-state index contributed by atoms with van der Waals surface area (Å²) < 4.78 is 0. The zero-order valence-electron chi connectivity index (χ0n) is 10.0. The number of nitrogens with zero attached hydrogens (tertiary/aromatic N) is 2. The highest BCUT2D eigenvalue weighted by Gasteiger charge is 2.25. The van der Waals surface area contributed by atoms with E-state index in [1.54, 1.807) is 0 Å². The second kappa shape index (κ2) is 5.94. The fourth-order valence-electron chi connectivity index (χ4n) is 2.95. The summed E-state index contributed by atoms with van der Waals surface area (Å²) in [4.78, 5) is 5.72. The molecule has 0 aromatic heterocycles. The van der Waals surface area contributed by atoms with Crippen molar-refractivity contribution >= 4 is 17.2 Å². The van der Waals surface area contributed by atoms with E-state index in [1.165, 1.54) is 58.3 Å². The van der Waals surface area contributed by atoms with Gasteiger partial charge in [-0.2, -0.15) is 0 Å². The number of likely N-dealkylation sites (tertiary alicyclic amines) is 2. The molecule has 92 valence electrons. The van der Waals surface area contributed by atoms with Crippen LogP contribution in [0.4, 0.5) is 0 Å². The largest absolute Gasteiger partial charge is 0.392 e. The maximum Gasteiger partial charge on any atom is 0.0870 e. The Morgan fingerprint density at radius 2 is 1.69 bits per heavy atom. The fraction of sp³-hybridized carbons (Fsp3) is 0.917. The van der Waals surface area contributed by atoms with Gasteiger partial charge < -0.3 is 10.6 Å². The summed E-state index contributed by atoms with van der Waals surface area (Å²) in [5.41, 5.74) is 5.58. The highest BCUT2D eigenvalue weighted by molar-refractivity contribution is 7.80. The smallest absolute Gasteiger partial charge is 0.0870 e. The topological polar surface area (TPSA) is 32.5 Å². The second-order valence-corrected chi connectivity index (χ2v) is 5.59. The Labute approximate surface area is 104 Å². The van der Waals surface area contributed by atoms with Crippen molar-refractivity contribution in [3.8, 4) is 0 Å². The van der Waals surface area contributed by atoms with Crippen molar-refractivity contribution < 1.29 is 0 Å². The summed E-state index contributed by atoms with van der Waals surface area (Å²) in [7, 11) is 0. The Balaban J connectivity index is 1.73. The van der Waals surface area contributed by atoms with Gasteiger partial charge in [-0.1, -0.05) is 18.6 Å². The Kier molecular flexibility index (Phi) is 4.55. The Hall–Kier alpha value is -0.190. The van der Waals surface area contributed by atoms with Crippen LogP contribution in [-0.4, -0.2) is 53.6 Å². The van der Waals surface area contributed by atoms with Gasteiger partial charge >= 0.3 is 0 Å². The number of thiocarbonyl (C=S) groups is 1. The molecule has 2 fully saturated rings. The molecule has 0 unspecified atom stereocenters. The molecule has 2 aliphatic rings. The summed E-state index contributed by atoms with van der Waals surface area (Å²) in [5.74, 6) is 0. The monoisotopic (exact) mass is 241 g/mol. The van der Waals surface area contributed by atoms with Crippen molar-refractivity contribution in [2.45, 2.75) is 38.1 Å². The summed E-state index contributed by atoms with van der Waals surface area (Å²) in [6, 6.07) is 0.822. The van der Waals surface area contributed by atoms with Gasteiger partial charge in [-0.3, -0.25) is 4.90 Å². The van der Waals surface area contributed by atoms with Crippen LogP contribution in [0.1, 0.15) is 32.1 Å². The van der Waals surface area contributed by atoms with Crippen LogP contribution in [-0.2, 0) is 0 Å². The SMILES string of the molecule is NC(=S)CN1CCC(N2CCCCC2)CC1. The third kappa shape index (κ3) is 3.40. The van der Waals surface area contributed by atoms with Crippen LogP contribution in [0, 0.1) is 0 Å². The fourth-order valence-corrected chi connectivity index (χ4v) is 3.13. The minimum Gasteiger partial charge on any atom is -0.392 e. The van der Waals surface area contributed by atoms with Crippen molar-refractivity contribution in [2.24, 2.45) is 5.73 Å². The zero-order valence-corrected chi connectivity index (χ0v) is 10.8. The molecule has 2 heterocycles. The third-order valence-corrected chi connectivity index (χ3v) is 3.97. The van der Waals surface area contributed by atoms with Crippen molar-refractivity contribution in [1.82, 2.24) is 9.80 Å². The number of nitrogens with two attached hydrogens (primary N) is 1. The predicted octanol–water partition coefficient (Wildman–Crippen LogP) is 1.22. The lowest BCUT2D eigenvalue weighted by Gasteiger charge is -2.40. The summed E-state index contributed by atoms with van der Waals surface area (Å²) in [6.45, 7) is 5.78. The Morgan fingerprint density at radius 1 is 1.06 bits per heavy atom. The van der Waals surface area contributed by atoms with E-state index >= 15 is 0 Å². The molecule has 0 aromatic carbocycles. The van der Waals surface area contributed by atoms with Gasteiger partial charge in [-0.15, -0.1) is 0 Å². The van der Waals surface area contributed by atoms with Crippen LogP contribution in [0.5, 0.6) is 0 Å². The molecule has 0 saturated carbocycles. The van der Waals surface area contributed by atoms with Crippen molar-refractivity contribution in [1.29, 1.82) is 0 Å². The van der Waals surface area contributed by atoms with Gasteiger partial charge in [0.05, 0.1) is 4.99 Å². The van der Waals surface area contributed by atoms with E-state index in [-0.39, 0.29) is 0 Å². The summed E-state index contributed by atoms with van der Waals surface area (Å²) in [5, 5.41) is 0. The van der Waals surface area contributed by atoms with E-state index in [2.05, 4.69) is 9.80 Å². The molecule has 2 rings (SSSR count). The number of rotatable bonds is 3. The van der Waals surface area contributed by atoms with E-state index in [1.807, 2.05) is 0 Å². The second-order valence-electron chi connectivity index (χ2n) is 5.07. The predicted molar refractivity (Wildman–Crippen MR) is 71.7 cm³/mol. The first-order chi connectivity index (χ1) is 7.75. The third-order valence-electron chi connectivity index (χ3n) is 3.84. The summed E-state index contributed by atoms with van der Waals surface area (Å²) in [6.07, 6.45) is 6.81. The van der Waals surface area contributed by atoms with Crippen LogP contribution in [0.2, 0.25) is 0 Å². The number of piperidine rings is 2. The molecule has 0 radical (unpaired) electrons. The molecule has 3 nitrogen and oxygen atoms in total. The van der Waals surface area contributed by atoms with Gasteiger partial charge in [0, 0.05) is 25.7 Å². The first-order valence-electron chi connectivity index (χ1n) is 6.50. The molecule has 0 amide bonds. The van der Waals surface area contributed by atoms with Gasteiger partial charge in [-0.05, 0) is 38.8 Å². The molecule has 2 aliphatic heterocycles. The Morgan fingerprint density at radius 3 is 2.25 bits per heavy atom.